The second-order valence-electron chi connectivity index (χ2n) is 5.09. The standard InChI is InChI=1S/C12H25N3/c1-4-10(5-2)15(3)9-12(6-7-12)8-11(13)14/h10H,4-9H2,1-3H3,(H3,13,14). The molecule has 0 aromatic rings. The Morgan fingerprint density at radius 1 is 1.40 bits per heavy atom. The number of nitrogens with zero attached hydrogens (tertiary/aromatic N) is 1. The minimum absolute atomic E-state index is 0.350. The Balaban J connectivity index is 2.43. The topological polar surface area (TPSA) is 53.1 Å². The molecule has 0 unspecified atom stereocenters. The van der Waals surface area contributed by atoms with Crippen molar-refractivity contribution in [3.05, 3.63) is 0 Å². The molecule has 0 amide bonds. The van der Waals surface area contributed by atoms with Gasteiger partial charge in [-0.1, -0.05) is 13.8 Å². The molecule has 0 atom stereocenters. The van der Waals surface area contributed by atoms with Crippen LogP contribution in [0.1, 0.15) is 46.0 Å². The summed E-state index contributed by atoms with van der Waals surface area (Å²) in [5.74, 6) is 0.352. The van der Waals surface area contributed by atoms with Gasteiger partial charge in [0.25, 0.3) is 0 Å². The fraction of sp³-hybridized carbons (Fsp3) is 0.917. The lowest BCUT2D eigenvalue weighted by molar-refractivity contribution is 0.188. The molecule has 1 fully saturated rings. The Hall–Kier alpha value is -0.570. The van der Waals surface area contributed by atoms with Crippen molar-refractivity contribution in [1.29, 1.82) is 5.41 Å². The van der Waals surface area contributed by atoms with Crippen LogP contribution < -0.4 is 5.73 Å². The number of amidine groups is 1. The molecule has 3 heteroatoms. The van der Waals surface area contributed by atoms with Crippen molar-refractivity contribution < 1.29 is 0 Å². The fourth-order valence-corrected chi connectivity index (χ4v) is 2.54. The van der Waals surface area contributed by atoms with Gasteiger partial charge in [0.2, 0.25) is 0 Å². The Kier molecular flexibility index (Phi) is 4.14. The lowest BCUT2D eigenvalue weighted by Gasteiger charge is -2.30. The first-order chi connectivity index (χ1) is 7.03. The van der Waals surface area contributed by atoms with Crippen molar-refractivity contribution in [2.45, 2.75) is 52.0 Å². The smallest absolute Gasteiger partial charge is 0.0911 e. The van der Waals surface area contributed by atoms with E-state index in [2.05, 4.69) is 25.8 Å². The highest BCUT2D eigenvalue weighted by Crippen LogP contribution is 2.49. The summed E-state index contributed by atoms with van der Waals surface area (Å²) in [7, 11) is 2.21. The normalized spacial score (nSPS) is 18.5. The van der Waals surface area contributed by atoms with Crippen LogP contribution in [0, 0.1) is 10.8 Å². The van der Waals surface area contributed by atoms with E-state index in [9.17, 15) is 0 Å². The molecule has 88 valence electrons. The molecule has 0 radical (unpaired) electrons. The third-order valence-electron chi connectivity index (χ3n) is 3.67. The van der Waals surface area contributed by atoms with Gasteiger partial charge in [0.1, 0.15) is 0 Å². The van der Waals surface area contributed by atoms with E-state index in [-0.39, 0.29) is 0 Å². The van der Waals surface area contributed by atoms with Gasteiger partial charge < -0.3 is 10.6 Å². The molecule has 0 bridgehead atoms. The lowest BCUT2D eigenvalue weighted by Crippen LogP contribution is -2.36. The van der Waals surface area contributed by atoms with Crippen LogP contribution in [0.2, 0.25) is 0 Å². The summed E-state index contributed by atoms with van der Waals surface area (Å²) >= 11 is 0. The van der Waals surface area contributed by atoms with Crippen LogP contribution in [-0.2, 0) is 0 Å². The first-order valence-corrected chi connectivity index (χ1v) is 6.06. The molecular formula is C12H25N3. The Bertz CT molecular complexity index is 217. The van der Waals surface area contributed by atoms with E-state index in [1.165, 1.54) is 25.7 Å². The predicted molar refractivity (Wildman–Crippen MR) is 65.2 cm³/mol. The van der Waals surface area contributed by atoms with E-state index in [4.69, 9.17) is 11.1 Å². The van der Waals surface area contributed by atoms with Gasteiger partial charge in [-0.2, -0.15) is 0 Å². The van der Waals surface area contributed by atoms with Crippen molar-refractivity contribution in [3.63, 3.8) is 0 Å². The first kappa shape index (κ1) is 12.5. The number of nitrogens with two attached hydrogens (primary N) is 1. The average Bonchev–Trinajstić information content (AvgIpc) is 2.85. The second-order valence-corrected chi connectivity index (χ2v) is 5.09. The van der Waals surface area contributed by atoms with E-state index in [0.29, 0.717) is 17.3 Å². The van der Waals surface area contributed by atoms with E-state index >= 15 is 0 Å². The van der Waals surface area contributed by atoms with Crippen LogP contribution in [0.3, 0.4) is 0 Å². The van der Waals surface area contributed by atoms with E-state index in [1.807, 2.05) is 0 Å². The van der Waals surface area contributed by atoms with Gasteiger partial charge in [0, 0.05) is 19.0 Å². The molecule has 0 spiro atoms. The van der Waals surface area contributed by atoms with Crippen LogP contribution in [-0.4, -0.2) is 30.4 Å². The molecule has 0 heterocycles. The van der Waals surface area contributed by atoms with Gasteiger partial charge in [-0.25, -0.2) is 0 Å². The molecule has 3 nitrogen and oxygen atoms in total. The lowest BCUT2D eigenvalue weighted by atomic mass is 9.99. The first-order valence-electron chi connectivity index (χ1n) is 6.06. The van der Waals surface area contributed by atoms with Crippen molar-refractivity contribution in [3.8, 4) is 0 Å². The molecule has 0 aliphatic heterocycles. The Morgan fingerprint density at radius 3 is 2.27 bits per heavy atom. The van der Waals surface area contributed by atoms with E-state index in [1.54, 1.807) is 0 Å². The van der Waals surface area contributed by atoms with E-state index < -0.39 is 0 Å². The largest absolute Gasteiger partial charge is 0.388 e. The van der Waals surface area contributed by atoms with Gasteiger partial charge in [-0.15, -0.1) is 0 Å². The van der Waals surface area contributed by atoms with Crippen molar-refractivity contribution in [2.24, 2.45) is 11.1 Å². The highest BCUT2D eigenvalue weighted by atomic mass is 15.1. The number of rotatable bonds is 7. The molecule has 1 rings (SSSR count). The zero-order valence-corrected chi connectivity index (χ0v) is 10.3. The second kappa shape index (κ2) is 4.97. The molecule has 1 aliphatic carbocycles. The summed E-state index contributed by atoms with van der Waals surface area (Å²) in [5.41, 5.74) is 5.85. The summed E-state index contributed by atoms with van der Waals surface area (Å²) in [4.78, 5) is 2.45. The predicted octanol–water partition coefficient (Wildman–Crippen LogP) is 2.21. The zero-order chi connectivity index (χ0) is 11.5. The third-order valence-corrected chi connectivity index (χ3v) is 3.67. The summed E-state index contributed by atoms with van der Waals surface area (Å²) in [6.45, 7) is 5.60. The van der Waals surface area contributed by atoms with Crippen LogP contribution in [0.15, 0.2) is 0 Å². The molecule has 3 N–H and O–H groups in total. The van der Waals surface area contributed by atoms with Gasteiger partial charge in [-0.05, 0) is 38.1 Å². The van der Waals surface area contributed by atoms with Gasteiger partial charge in [-0.3, -0.25) is 5.41 Å². The van der Waals surface area contributed by atoms with Gasteiger partial charge in [0.05, 0.1) is 5.84 Å². The summed E-state index contributed by atoms with van der Waals surface area (Å²) in [6, 6.07) is 0.689. The SMILES string of the molecule is CCC(CC)N(C)CC1(CC(=N)N)CC1. The van der Waals surface area contributed by atoms with Crippen LogP contribution in [0.5, 0.6) is 0 Å². The highest BCUT2D eigenvalue weighted by Gasteiger charge is 2.44. The number of nitrogens with one attached hydrogen (secondary N) is 1. The monoisotopic (exact) mass is 211 g/mol. The van der Waals surface area contributed by atoms with Gasteiger partial charge in [0.15, 0.2) is 0 Å². The van der Waals surface area contributed by atoms with Crippen LogP contribution >= 0.6 is 0 Å². The molecule has 15 heavy (non-hydrogen) atoms. The molecule has 0 aromatic carbocycles. The van der Waals surface area contributed by atoms with Crippen molar-refractivity contribution in [1.82, 2.24) is 4.90 Å². The molecular weight excluding hydrogens is 186 g/mol. The van der Waals surface area contributed by atoms with Crippen LogP contribution in [0.25, 0.3) is 0 Å². The van der Waals surface area contributed by atoms with Crippen LogP contribution in [0.4, 0.5) is 0 Å². The molecule has 1 aliphatic rings. The van der Waals surface area contributed by atoms with E-state index in [0.717, 1.165) is 13.0 Å². The summed E-state index contributed by atoms with van der Waals surface area (Å²) in [6.07, 6.45) is 5.71. The maximum atomic E-state index is 7.39. The fourth-order valence-electron chi connectivity index (χ4n) is 2.54. The summed E-state index contributed by atoms with van der Waals surface area (Å²) in [5, 5.41) is 7.39. The van der Waals surface area contributed by atoms with Crippen molar-refractivity contribution >= 4 is 5.84 Å². The zero-order valence-electron chi connectivity index (χ0n) is 10.3. The third kappa shape index (κ3) is 3.49. The Labute approximate surface area is 93.5 Å². The Morgan fingerprint density at radius 2 is 1.93 bits per heavy atom. The number of hydrogen-bond donors (Lipinski definition) is 2. The molecule has 1 saturated carbocycles. The molecule has 0 aromatic heterocycles. The average molecular weight is 211 g/mol. The van der Waals surface area contributed by atoms with Crippen molar-refractivity contribution in [2.75, 3.05) is 13.6 Å². The minimum atomic E-state index is 0.350. The number of hydrogen-bond acceptors (Lipinski definition) is 2. The highest BCUT2D eigenvalue weighted by molar-refractivity contribution is 5.78. The summed E-state index contributed by atoms with van der Waals surface area (Å²) < 4.78 is 0. The quantitative estimate of drug-likeness (QED) is 0.501. The maximum absolute atomic E-state index is 7.39. The maximum Gasteiger partial charge on any atom is 0.0911 e. The van der Waals surface area contributed by atoms with Gasteiger partial charge >= 0.3 is 0 Å². The molecule has 0 saturated heterocycles. The minimum Gasteiger partial charge on any atom is -0.388 e.